The van der Waals surface area contributed by atoms with Gasteiger partial charge in [-0.2, -0.15) is 0 Å². The maximum absolute atomic E-state index is 8.64. The summed E-state index contributed by atoms with van der Waals surface area (Å²) in [5.74, 6) is 0. The summed E-state index contributed by atoms with van der Waals surface area (Å²) in [6, 6.07) is 0. The van der Waals surface area contributed by atoms with Crippen molar-refractivity contribution in [3.05, 3.63) is 0 Å². The van der Waals surface area contributed by atoms with Crippen molar-refractivity contribution in [1.29, 1.82) is 0 Å². The minimum absolute atomic E-state index is 0. The van der Waals surface area contributed by atoms with Crippen LogP contribution < -0.4 is 0 Å². The Kier molecular flexibility index (Phi) is 12.4. The molecule has 7 heteroatoms. The Morgan fingerprint density at radius 3 is 0.857 bits per heavy atom. The van der Waals surface area contributed by atoms with E-state index in [1.165, 1.54) is 0 Å². The standard InChI is InChI=1S/Al.Mg.4O.Sc.5H. The van der Waals surface area contributed by atoms with Crippen LogP contribution in [0.25, 0.3) is 0 Å². The summed E-state index contributed by atoms with van der Waals surface area (Å²) in [5, 5.41) is 0. The van der Waals surface area contributed by atoms with Crippen LogP contribution >= 0.6 is 0 Å². The van der Waals surface area contributed by atoms with Crippen LogP contribution in [0, 0.1) is 0 Å². The number of rotatable bonds is 0. The van der Waals surface area contributed by atoms with Crippen LogP contribution in [0.1, 0.15) is 0 Å². The van der Waals surface area contributed by atoms with Crippen molar-refractivity contribution >= 4 is 40.4 Å². The van der Waals surface area contributed by atoms with E-state index < -0.39 is 20.0 Å². The molecule has 0 aliphatic rings. The zero-order chi connectivity index (χ0) is 4.50. The summed E-state index contributed by atoms with van der Waals surface area (Å²) < 4.78 is 34.6. The third-order valence-electron chi connectivity index (χ3n) is 0. The van der Waals surface area contributed by atoms with Crippen LogP contribution in [0.2, 0.25) is 0 Å². The van der Waals surface area contributed by atoms with Crippen LogP contribution in [-0.4, -0.2) is 40.4 Å². The van der Waals surface area contributed by atoms with Crippen molar-refractivity contribution in [2.45, 2.75) is 0 Å². The van der Waals surface area contributed by atoms with Gasteiger partial charge < -0.3 is 0 Å². The van der Waals surface area contributed by atoms with Crippen molar-refractivity contribution in [1.82, 2.24) is 0 Å². The fourth-order valence-electron chi connectivity index (χ4n) is 0. The van der Waals surface area contributed by atoms with Gasteiger partial charge in [-0.25, -0.2) is 0 Å². The van der Waals surface area contributed by atoms with Crippen molar-refractivity contribution in [2.24, 2.45) is 0 Å². The molecule has 0 radical (unpaired) electrons. The van der Waals surface area contributed by atoms with E-state index in [4.69, 9.17) is 11.4 Å². The van der Waals surface area contributed by atoms with Gasteiger partial charge in [0.1, 0.15) is 0 Å². The van der Waals surface area contributed by atoms with Crippen molar-refractivity contribution < 1.29 is 31.4 Å². The Balaban J connectivity index is -0.0000000800. The van der Waals surface area contributed by atoms with Crippen LogP contribution in [-0.2, 0) is 31.4 Å². The molecule has 0 spiro atoms. The molecule has 0 bridgehead atoms. The first-order valence-electron chi connectivity index (χ1n) is 0.943. The average Bonchev–Trinajstić information content (AvgIpc) is 0.722. The van der Waals surface area contributed by atoms with Crippen molar-refractivity contribution in [3.8, 4) is 0 Å². The molecule has 0 aliphatic heterocycles. The van der Waals surface area contributed by atoms with Gasteiger partial charge in [0, 0.05) is 0 Å². The molecule has 0 aromatic rings. The predicted molar refractivity (Wildman–Crippen MR) is 21.2 cm³/mol. The molecule has 0 heterocycles. The third kappa shape index (κ3) is 113. The van der Waals surface area contributed by atoms with E-state index in [1.54, 1.807) is 0 Å². The molecule has 0 rings (SSSR count). The monoisotopic (exact) mass is 165 g/mol. The first-order valence-corrected chi connectivity index (χ1v) is 3.89. The van der Waals surface area contributed by atoms with E-state index in [-0.39, 0.29) is 40.4 Å². The molecule has 0 saturated carbocycles. The maximum atomic E-state index is 8.64. The van der Waals surface area contributed by atoms with Gasteiger partial charge >= 0.3 is 54.4 Å². The van der Waals surface area contributed by atoms with Gasteiger partial charge in [0.25, 0.3) is 0 Å². The fourth-order valence-corrected chi connectivity index (χ4v) is 0. The Labute approximate surface area is 71.0 Å². The van der Waals surface area contributed by atoms with Crippen LogP contribution in [0.15, 0.2) is 0 Å². The first kappa shape index (κ1) is 15.8. The molecule has 0 unspecified atom stereocenters. The van der Waals surface area contributed by atoms with Gasteiger partial charge in [-0.15, -0.1) is 0 Å². The molecular formula is H5AlMgO4Sc. The zero-order valence-corrected chi connectivity index (χ0v) is 4.01. The topological polar surface area (TPSA) is 68.3 Å². The Morgan fingerprint density at radius 1 is 0.857 bits per heavy atom. The summed E-state index contributed by atoms with van der Waals surface area (Å²) >= 11 is -6.12. The van der Waals surface area contributed by atoms with Gasteiger partial charge in [0.15, 0.2) is 17.4 Å². The van der Waals surface area contributed by atoms with Crippen LogP contribution in [0.4, 0.5) is 0 Å². The molecule has 0 aliphatic carbocycles. The molecule has 4 nitrogen and oxygen atoms in total. The number of hydrogen-bond acceptors (Lipinski definition) is 4. The quantitative estimate of drug-likeness (QED) is 0.370. The molecule has 0 amide bonds. The van der Waals surface area contributed by atoms with Gasteiger partial charge in [-0.05, 0) is 0 Å². The summed E-state index contributed by atoms with van der Waals surface area (Å²) in [6.07, 6.45) is 0. The summed E-state index contributed by atoms with van der Waals surface area (Å²) in [4.78, 5) is 0. The number of hydrogen-bond donors (Lipinski definition) is 0. The molecule has 0 saturated heterocycles. The summed E-state index contributed by atoms with van der Waals surface area (Å²) in [6.45, 7) is 0. The predicted octanol–water partition coefficient (Wildman–Crippen LogP) is -2.58. The normalized spacial score (nSPS) is 3.43. The van der Waals surface area contributed by atoms with E-state index in [0.717, 1.165) is 0 Å². The summed E-state index contributed by atoms with van der Waals surface area (Å²) in [5.41, 5.74) is 0. The van der Waals surface area contributed by atoms with Crippen molar-refractivity contribution in [2.75, 3.05) is 0 Å². The molecule has 0 atom stereocenters. The van der Waals surface area contributed by atoms with E-state index in [2.05, 4.69) is 0 Å². The first-order chi connectivity index (χ1) is 2.00. The van der Waals surface area contributed by atoms with Gasteiger partial charge in [0.2, 0.25) is 0 Å². The van der Waals surface area contributed by atoms with E-state index in [9.17, 15) is 0 Å². The third-order valence-corrected chi connectivity index (χ3v) is 0. The van der Waals surface area contributed by atoms with Crippen molar-refractivity contribution in [3.63, 3.8) is 0 Å². The van der Waals surface area contributed by atoms with Gasteiger partial charge in [-0.1, -0.05) is 0 Å². The van der Waals surface area contributed by atoms with Crippen LogP contribution in [0.5, 0.6) is 0 Å². The molecule has 7 heavy (non-hydrogen) atoms. The fraction of sp³-hybridized carbons (Fsp3) is 0. The van der Waals surface area contributed by atoms with Gasteiger partial charge in [0.05, 0.1) is 0 Å². The second-order valence-corrected chi connectivity index (χ2v) is 2.38. The van der Waals surface area contributed by atoms with E-state index >= 15 is 0 Å². The van der Waals surface area contributed by atoms with E-state index in [0.29, 0.717) is 0 Å². The molecule has 0 aromatic heterocycles. The summed E-state index contributed by atoms with van der Waals surface area (Å²) in [7, 11) is 0. The van der Waals surface area contributed by atoms with E-state index in [1.807, 2.05) is 0 Å². The SMILES string of the molecule is [AlH3].[MgH2].[O]=[Sc](=[O])(=[O])=[O]. The molecular weight excluding hydrogens is 160 g/mol. The second kappa shape index (κ2) is 5.50. The minimum atomic E-state index is -6.12. The average molecular weight is 165 g/mol. The molecule has 0 N–H and O–H groups in total. The van der Waals surface area contributed by atoms with Crippen LogP contribution in [0.3, 0.4) is 0 Å². The molecule has 0 fully saturated rings. The Bertz CT molecular complexity index is 163. The zero-order valence-electron chi connectivity index (χ0n) is 2.21. The Hall–Kier alpha value is 1.37. The Morgan fingerprint density at radius 2 is 0.857 bits per heavy atom. The van der Waals surface area contributed by atoms with Gasteiger partial charge in [-0.3, -0.25) is 0 Å². The second-order valence-electron chi connectivity index (χ2n) is 0.577. The molecule has 0 aromatic carbocycles. The molecule has 37 valence electrons.